The topological polar surface area (TPSA) is 63.1 Å². The number of likely N-dealkylation sites (N-methyl/N-ethyl adjacent to an activating group) is 1. The number of aromatic nitrogens is 3. The van der Waals surface area contributed by atoms with Gasteiger partial charge in [-0.1, -0.05) is 18.5 Å². The van der Waals surface area contributed by atoms with Crippen LogP contribution in [-0.2, 0) is 11.8 Å². The highest BCUT2D eigenvalue weighted by Crippen LogP contribution is 2.54. The molecule has 1 fully saturated rings. The SMILES string of the molecule is CC1=C(c2cc3cc(NC(=O)[C@H]4C(C)[C@@H]4c4cnn(C)c4)ncc3c(Cl)c2F)CN(C)C=C1. The second-order valence-corrected chi connectivity index (χ2v) is 9.46. The highest BCUT2D eigenvalue weighted by atomic mass is 35.5. The van der Waals surface area contributed by atoms with Gasteiger partial charge in [0.1, 0.15) is 11.6 Å². The van der Waals surface area contributed by atoms with Crippen molar-refractivity contribution in [3.8, 4) is 0 Å². The van der Waals surface area contributed by atoms with E-state index in [-0.39, 0.29) is 28.7 Å². The first-order chi connectivity index (χ1) is 15.7. The smallest absolute Gasteiger partial charge is 0.229 e. The Kier molecular flexibility index (Phi) is 5.24. The van der Waals surface area contributed by atoms with Gasteiger partial charge in [-0.05, 0) is 59.3 Å². The molecule has 1 aliphatic heterocycles. The molecule has 0 radical (unpaired) electrons. The van der Waals surface area contributed by atoms with Crippen molar-refractivity contribution in [1.82, 2.24) is 19.7 Å². The molecule has 0 bridgehead atoms. The van der Waals surface area contributed by atoms with Gasteiger partial charge in [-0.15, -0.1) is 0 Å². The van der Waals surface area contributed by atoms with Crippen LogP contribution in [0.15, 0.2) is 48.6 Å². The number of carbonyl (C=O) groups excluding carboxylic acids is 1. The Bertz CT molecular complexity index is 1340. The molecule has 3 aromatic rings. The number of fused-ring (bicyclic) bond motifs is 1. The van der Waals surface area contributed by atoms with Crippen molar-refractivity contribution < 1.29 is 9.18 Å². The Morgan fingerprint density at radius 1 is 1.27 bits per heavy atom. The Balaban J connectivity index is 1.44. The molecule has 0 saturated heterocycles. The summed E-state index contributed by atoms with van der Waals surface area (Å²) in [5.74, 6) is 0.158. The third kappa shape index (κ3) is 3.80. The first-order valence-corrected chi connectivity index (χ1v) is 11.3. The van der Waals surface area contributed by atoms with Crippen molar-refractivity contribution in [3.05, 3.63) is 70.5 Å². The third-order valence-corrected chi connectivity index (χ3v) is 7.10. The van der Waals surface area contributed by atoms with Crippen LogP contribution < -0.4 is 5.32 Å². The summed E-state index contributed by atoms with van der Waals surface area (Å²) >= 11 is 6.40. The Hall–Kier alpha value is -3.19. The quantitative estimate of drug-likeness (QED) is 0.590. The first kappa shape index (κ1) is 21.6. The summed E-state index contributed by atoms with van der Waals surface area (Å²) in [6.45, 7) is 4.62. The second kappa shape index (κ2) is 7.99. The maximum atomic E-state index is 15.2. The zero-order valence-corrected chi connectivity index (χ0v) is 19.7. The van der Waals surface area contributed by atoms with Gasteiger partial charge in [0.25, 0.3) is 0 Å². The molecule has 1 N–H and O–H groups in total. The Labute approximate surface area is 196 Å². The molecule has 2 aromatic heterocycles. The molecule has 1 aliphatic carbocycles. The van der Waals surface area contributed by atoms with Crippen molar-refractivity contribution in [3.63, 3.8) is 0 Å². The summed E-state index contributed by atoms with van der Waals surface area (Å²) in [6, 6.07) is 3.55. The number of allylic oxidation sites excluding steroid dienone is 2. The number of amides is 1. The summed E-state index contributed by atoms with van der Waals surface area (Å²) in [5.41, 5.74) is 3.42. The summed E-state index contributed by atoms with van der Waals surface area (Å²) in [6.07, 6.45) is 9.21. The largest absolute Gasteiger partial charge is 0.376 e. The molecule has 1 saturated carbocycles. The van der Waals surface area contributed by atoms with Gasteiger partial charge in [0.15, 0.2) is 0 Å². The van der Waals surface area contributed by atoms with Gasteiger partial charge < -0.3 is 10.2 Å². The minimum absolute atomic E-state index is 0.0397. The summed E-state index contributed by atoms with van der Waals surface area (Å²) in [5, 5.41) is 8.44. The molecule has 6 nitrogen and oxygen atoms in total. The number of aryl methyl sites for hydroxylation is 1. The number of rotatable bonds is 4. The average molecular weight is 466 g/mol. The number of anilines is 1. The molecular weight excluding hydrogens is 441 g/mol. The zero-order chi connectivity index (χ0) is 23.4. The van der Waals surface area contributed by atoms with E-state index in [0.29, 0.717) is 23.3 Å². The molecule has 170 valence electrons. The normalized spacial score (nSPS) is 22.2. The lowest BCUT2D eigenvalue weighted by atomic mass is 9.95. The maximum Gasteiger partial charge on any atom is 0.229 e. The van der Waals surface area contributed by atoms with E-state index in [1.54, 1.807) is 16.8 Å². The van der Waals surface area contributed by atoms with E-state index in [1.807, 2.05) is 50.6 Å². The van der Waals surface area contributed by atoms with Gasteiger partial charge >= 0.3 is 0 Å². The average Bonchev–Trinajstić information content (AvgIpc) is 3.27. The third-order valence-electron chi connectivity index (χ3n) is 6.73. The van der Waals surface area contributed by atoms with Crippen LogP contribution in [0.2, 0.25) is 5.02 Å². The van der Waals surface area contributed by atoms with Crippen LogP contribution in [0.25, 0.3) is 16.3 Å². The standard InChI is InChI=1S/C25H25ClFN5O/c1-13-5-6-31(3)12-19(13)17-7-15-8-20(28-10-18(15)23(26)24(17)27)30-25(33)22-14(2)21(22)16-9-29-32(4)11-16/h5-11,14,21-22H,12H2,1-4H3,(H,28,30,33)/t14?,21-,22+/m1/s1. The maximum absolute atomic E-state index is 15.2. The Morgan fingerprint density at radius 2 is 2.06 bits per heavy atom. The van der Waals surface area contributed by atoms with Gasteiger partial charge in [-0.2, -0.15) is 5.10 Å². The highest BCUT2D eigenvalue weighted by Gasteiger charge is 2.52. The molecule has 1 aromatic carbocycles. The number of nitrogens with zero attached hydrogens (tertiary/aromatic N) is 4. The lowest BCUT2D eigenvalue weighted by Crippen LogP contribution is -2.18. The molecule has 2 aliphatic rings. The zero-order valence-electron chi connectivity index (χ0n) is 18.9. The summed E-state index contributed by atoms with van der Waals surface area (Å²) in [7, 11) is 3.81. The summed E-state index contributed by atoms with van der Waals surface area (Å²) in [4.78, 5) is 19.3. The molecule has 3 atom stereocenters. The summed E-state index contributed by atoms with van der Waals surface area (Å²) < 4.78 is 16.9. The van der Waals surface area contributed by atoms with Crippen molar-refractivity contribution in [2.45, 2.75) is 19.8 Å². The number of carbonyl (C=O) groups is 1. The van der Waals surface area contributed by atoms with Gasteiger partial charge in [0.2, 0.25) is 5.91 Å². The van der Waals surface area contributed by atoms with Crippen LogP contribution in [0, 0.1) is 17.7 Å². The monoisotopic (exact) mass is 465 g/mol. The molecule has 0 spiro atoms. The Morgan fingerprint density at radius 3 is 2.79 bits per heavy atom. The molecule has 5 rings (SSSR count). The fraction of sp³-hybridized carbons (Fsp3) is 0.320. The first-order valence-electron chi connectivity index (χ1n) is 10.9. The molecule has 1 unspecified atom stereocenters. The number of hydrogen-bond donors (Lipinski definition) is 1. The van der Waals surface area contributed by atoms with Crippen molar-refractivity contribution in [2.24, 2.45) is 18.9 Å². The van der Waals surface area contributed by atoms with Crippen LogP contribution in [-0.4, -0.2) is 39.2 Å². The van der Waals surface area contributed by atoms with Crippen molar-refractivity contribution in [1.29, 1.82) is 0 Å². The van der Waals surface area contributed by atoms with Crippen molar-refractivity contribution >= 4 is 39.7 Å². The molecule has 33 heavy (non-hydrogen) atoms. The number of halogens is 2. The van der Waals surface area contributed by atoms with Crippen LogP contribution in [0.4, 0.5) is 10.2 Å². The number of nitrogens with one attached hydrogen (secondary N) is 1. The number of hydrogen-bond acceptors (Lipinski definition) is 4. The van der Waals surface area contributed by atoms with Crippen LogP contribution in [0.5, 0.6) is 0 Å². The van der Waals surface area contributed by atoms with E-state index in [2.05, 4.69) is 22.3 Å². The number of pyridine rings is 1. The van der Waals surface area contributed by atoms with Gasteiger partial charge in [-0.3, -0.25) is 9.48 Å². The van der Waals surface area contributed by atoms with Crippen molar-refractivity contribution in [2.75, 3.05) is 18.9 Å². The molecular formula is C25H25ClFN5O. The van der Waals surface area contributed by atoms with Crippen LogP contribution >= 0.6 is 11.6 Å². The predicted octanol–water partition coefficient (Wildman–Crippen LogP) is 4.98. The van der Waals surface area contributed by atoms with E-state index >= 15 is 4.39 Å². The minimum atomic E-state index is -0.452. The molecule has 1 amide bonds. The molecule has 8 heteroatoms. The number of benzene rings is 1. The predicted molar refractivity (Wildman–Crippen MR) is 128 cm³/mol. The van der Waals surface area contributed by atoms with Crippen LogP contribution in [0.1, 0.15) is 30.9 Å². The van der Waals surface area contributed by atoms with Gasteiger partial charge in [0.05, 0.1) is 11.2 Å². The van der Waals surface area contributed by atoms with Crippen LogP contribution in [0.3, 0.4) is 0 Å². The van der Waals surface area contributed by atoms with Gasteiger partial charge in [-0.25, -0.2) is 9.37 Å². The van der Waals surface area contributed by atoms with E-state index in [0.717, 1.165) is 22.1 Å². The lowest BCUT2D eigenvalue weighted by Gasteiger charge is -2.24. The van der Waals surface area contributed by atoms with E-state index in [9.17, 15) is 4.79 Å². The lowest BCUT2D eigenvalue weighted by molar-refractivity contribution is -0.117. The fourth-order valence-corrected chi connectivity index (χ4v) is 5.04. The van der Waals surface area contributed by atoms with Gasteiger partial charge in [0, 0.05) is 55.8 Å². The second-order valence-electron chi connectivity index (χ2n) is 9.08. The fourth-order valence-electron chi connectivity index (χ4n) is 4.78. The highest BCUT2D eigenvalue weighted by molar-refractivity contribution is 6.36. The van der Waals surface area contributed by atoms with E-state index < -0.39 is 5.82 Å². The van der Waals surface area contributed by atoms with E-state index in [1.165, 1.54) is 6.20 Å². The van der Waals surface area contributed by atoms with E-state index in [4.69, 9.17) is 11.6 Å². The molecule has 3 heterocycles. The minimum Gasteiger partial charge on any atom is -0.376 e.